The standard InChI is InChI=1S/C6H6N4O2/c11-4-9-5-1-2-7-10(5)6(12)3-8-9/h1-4,8,12H. The lowest BCUT2D eigenvalue weighted by molar-refractivity contribution is -0.108. The molecule has 0 atom stereocenters. The predicted molar refractivity (Wildman–Crippen MR) is 40.8 cm³/mol. The van der Waals surface area contributed by atoms with Gasteiger partial charge in [-0.05, 0) is 0 Å². The predicted octanol–water partition coefficient (Wildman–Crippen LogP) is -0.322. The highest BCUT2D eigenvalue weighted by molar-refractivity contribution is 5.74. The minimum Gasteiger partial charge on any atom is -0.492 e. The molecule has 2 heterocycles. The molecule has 0 spiro atoms. The molecule has 1 amide bonds. The molecule has 6 nitrogen and oxygen atoms in total. The van der Waals surface area contributed by atoms with Crippen LogP contribution in [0, 0.1) is 0 Å². The number of fused-ring (bicyclic) bond motifs is 1. The van der Waals surface area contributed by atoms with Crippen molar-refractivity contribution in [2.45, 2.75) is 0 Å². The van der Waals surface area contributed by atoms with Gasteiger partial charge in [-0.15, -0.1) is 0 Å². The van der Waals surface area contributed by atoms with Crippen molar-refractivity contribution in [3.63, 3.8) is 0 Å². The summed E-state index contributed by atoms with van der Waals surface area (Å²) in [5.41, 5.74) is 2.55. The van der Waals surface area contributed by atoms with Crippen molar-refractivity contribution in [2.24, 2.45) is 0 Å². The van der Waals surface area contributed by atoms with E-state index in [2.05, 4.69) is 10.5 Å². The first kappa shape index (κ1) is 6.71. The van der Waals surface area contributed by atoms with Crippen LogP contribution in [0.5, 0.6) is 0 Å². The number of rotatable bonds is 1. The third-order valence-electron chi connectivity index (χ3n) is 1.52. The first-order chi connectivity index (χ1) is 5.83. The van der Waals surface area contributed by atoms with E-state index < -0.39 is 0 Å². The van der Waals surface area contributed by atoms with E-state index in [1.807, 2.05) is 0 Å². The smallest absolute Gasteiger partial charge is 0.234 e. The van der Waals surface area contributed by atoms with E-state index in [4.69, 9.17) is 0 Å². The summed E-state index contributed by atoms with van der Waals surface area (Å²) in [5, 5.41) is 14.2. The summed E-state index contributed by atoms with van der Waals surface area (Å²) in [6.07, 6.45) is 3.35. The van der Waals surface area contributed by atoms with Gasteiger partial charge in [0.1, 0.15) is 0 Å². The van der Waals surface area contributed by atoms with Gasteiger partial charge in [0.15, 0.2) is 5.82 Å². The molecule has 0 bridgehead atoms. The quantitative estimate of drug-likeness (QED) is 0.561. The summed E-state index contributed by atoms with van der Waals surface area (Å²) in [5.74, 6) is 0.429. The lowest BCUT2D eigenvalue weighted by Crippen LogP contribution is -2.38. The van der Waals surface area contributed by atoms with Gasteiger partial charge in [-0.1, -0.05) is 0 Å². The number of carbonyl (C=O) groups is 1. The van der Waals surface area contributed by atoms with E-state index in [0.717, 1.165) is 0 Å². The van der Waals surface area contributed by atoms with E-state index in [1.165, 1.54) is 22.1 Å². The molecular weight excluding hydrogens is 160 g/mol. The molecule has 0 unspecified atom stereocenters. The van der Waals surface area contributed by atoms with Crippen LogP contribution in [0.1, 0.15) is 0 Å². The van der Waals surface area contributed by atoms with Crippen LogP contribution in [0.25, 0.3) is 5.88 Å². The lowest BCUT2D eigenvalue weighted by Gasteiger charge is -2.21. The van der Waals surface area contributed by atoms with Gasteiger partial charge >= 0.3 is 0 Å². The number of anilines is 1. The molecule has 2 rings (SSSR count). The summed E-state index contributed by atoms with van der Waals surface area (Å²) < 4.78 is 1.24. The van der Waals surface area contributed by atoms with Crippen LogP contribution in [-0.4, -0.2) is 21.3 Å². The van der Waals surface area contributed by atoms with Crippen LogP contribution in [0.4, 0.5) is 5.82 Å². The summed E-state index contributed by atoms with van der Waals surface area (Å²) in [6, 6.07) is 1.60. The Morgan fingerprint density at radius 3 is 3.25 bits per heavy atom. The molecule has 0 aromatic carbocycles. The number of carbonyl (C=O) groups excluding carboxylic acids is 1. The highest BCUT2D eigenvalue weighted by Gasteiger charge is 2.16. The van der Waals surface area contributed by atoms with Crippen molar-refractivity contribution in [1.29, 1.82) is 0 Å². The van der Waals surface area contributed by atoms with Gasteiger partial charge in [-0.2, -0.15) is 9.78 Å². The third kappa shape index (κ3) is 0.746. The van der Waals surface area contributed by atoms with E-state index in [9.17, 15) is 9.90 Å². The first-order valence-electron chi connectivity index (χ1n) is 3.27. The van der Waals surface area contributed by atoms with Gasteiger partial charge in [0.05, 0.1) is 12.4 Å². The molecule has 1 aromatic rings. The summed E-state index contributed by atoms with van der Waals surface area (Å²) in [7, 11) is 0. The van der Waals surface area contributed by atoms with Crippen molar-refractivity contribution in [1.82, 2.24) is 15.2 Å². The lowest BCUT2D eigenvalue weighted by atomic mass is 10.6. The Hall–Kier alpha value is -1.98. The number of nitrogens with one attached hydrogen (secondary N) is 1. The zero-order valence-corrected chi connectivity index (χ0v) is 6.01. The Morgan fingerprint density at radius 1 is 1.67 bits per heavy atom. The molecule has 0 aliphatic carbocycles. The van der Waals surface area contributed by atoms with Gasteiger partial charge in [-0.25, -0.2) is 5.01 Å². The van der Waals surface area contributed by atoms with Crippen LogP contribution in [0.3, 0.4) is 0 Å². The topological polar surface area (TPSA) is 70.4 Å². The molecule has 0 radical (unpaired) electrons. The molecule has 2 N–H and O–H groups in total. The minimum absolute atomic E-state index is 0.0481. The van der Waals surface area contributed by atoms with E-state index >= 15 is 0 Å². The molecule has 0 saturated heterocycles. The average molecular weight is 166 g/mol. The number of aromatic nitrogens is 2. The molecule has 0 fully saturated rings. The zero-order chi connectivity index (χ0) is 8.55. The second kappa shape index (κ2) is 2.26. The Kier molecular flexibility index (Phi) is 1.26. The molecule has 62 valence electrons. The van der Waals surface area contributed by atoms with Gasteiger partial charge in [-0.3, -0.25) is 10.2 Å². The van der Waals surface area contributed by atoms with Gasteiger partial charge in [0.25, 0.3) is 0 Å². The molecule has 6 heteroatoms. The number of aliphatic hydroxyl groups is 1. The van der Waals surface area contributed by atoms with E-state index in [1.54, 1.807) is 6.07 Å². The molecule has 1 aliphatic rings. The van der Waals surface area contributed by atoms with Gasteiger partial charge < -0.3 is 5.11 Å². The molecule has 12 heavy (non-hydrogen) atoms. The maximum absolute atomic E-state index is 10.4. The zero-order valence-electron chi connectivity index (χ0n) is 6.01. The third-order valence-corrected chi connectivity index (χ3v) is 1.52. The fourth-order valence-corrected chi connectivity index (χ4v) is 0.994. The SMILES string of the molecule is O=CN1NC=C(O)n2nccc21. The number of nitrogens with zero attached hydrogens (tertiary/aromatic N) is 3. The maximum Gasteiger partial charge on any atom is 0.234 e. The highest BCUT2D eigenvalue weighted by Crippen LogP contribution is 2.16. The molecule has 1 aliphatic heterocycles. The minimum atomic E-state index is -0.0481. The van der Waals surface area contributed by atoms with E-state index in [0.29, 0.717) is 12.2 Å². The number of hydrogen-bond donors (Lipinski definition) is 2. The van der Waals surface area contributed by atoms with Crippen molar-refractivity contribution in [3.8, 4) is 0 Å². The first-order valence-corrected chi connectivity index (χ1v) is 3.27. The molecule has 1 aromatic heterocycles. The monoisotopic (exact) mass is 166 g/mol. The average Bonchev–Trinajstić information content (AvgIpc) is 2.54. The van der Waals surface area contributed by atoms with Crippen LogP contribution >= 0.6 is 0 Å². The van der Waals surface area contributed by atoms with Crippen LogP contribution in [0.2, 0.25) is 0 Å². The summed E-state index contributed by atoms with van der Waals surface area (Å²) >= 11 is 0. The Morgan fingerprint density at radius 2 is 2.50 bits per heavy atom. The van der Waals surface area contributed by atoms with Crippen LogP contribution in [-0.2, 0) is 4.79 Å². The van der Waals surface area contributed by atoms with Crippen molar-refractivity contribution in [3.05, 3.63) is 18.5 Å². The summed E-state index contributed by atoms with van der Waals surface area (Å²) in [4.78, 5) is 10.4. The van der Waals surface area contributed by atoms with Gasteiger partial charge in [0, 0.05) is 6.07 Å². The number of amides is 1. The second-order valence-corrected chi connectivity index (χ2v) is 2.21. The normalized spacial score (nSPS) is 14.7. The van der Waals surface area contributed by atoms with Crippen molar-refractivity contribution in [2.75, 3.05) is 5.01 Å². The number of hydrazine groups is 1. The van der Waals surface area contributed by atoms with Gasteiger partial charge in [0.2, 0.25) is 12.3 Å². The van der Waals surface area contributed by atoms with Crippen LogP contribution < -0.4 is 10.4 Å². The maximum atomic E-state index is 10.4. The number of hydrogen-bond acceptors (Lipinski definition) is 4. The van der Waals surface area contributed by atoms with Crippen molar-refractivity contribution < 1.29 is 9.90 Å². The number of aliphatic hydroxyl groups excluding tert-OH is 1. The Labute approximate surface area is 67.7 Å². The molecule has 0 saturated carbocycles. The van der Waals surface area contributed by atoms with Crippen LogP contribution in [0.15, 0.2) is 18.5 Å². The second-order valence-electron chi connectivity index (χ2n) is 2.21. The largest absolute Gasteiger partial charge is 0.492 e. The Bertz CT molecular complexity index is 343. The fourth-order valence-electron chi connectivity index (χ4n) is 0.994. The fraction of sp³-hybridized carbons (Fsp3) is 0. The Balaban J connectivity index is 2.52. The highest BCUT2D eigenvalue weighted by atomic mass is 16.3. The van der Waals surface area contributed by atoms with Crippen molar-refractivity contribution >= 4 is 18.1 Å². The molecular formula is C6H6N4O2. The van der Waals surface area contributed by atoms with E-state index in [-0.39, 0.29) is 5.88 Å². The summed E-state index contributed by atoms with van der Waals surface area (Å²) in [6.45, 7) is 0.